The number of nitrogens with zero attached hydrogens (tertiary/aromatic N) is 5. The van der Waals surface area contributed by atoms with Crippen LogP contribution in [0, 0.1) is 6.92 Å². The molecule has 0 N–H and O–H groups in total. The van der Waals surface area contributed by atoms with Crippen molar-refractivity contribution in [2.75, 3.05) is 7.05 Å². The largest absolute Gasteiger partial charge is 0.288 e. The molecule has 140 valence electrons. The van der Waals surface area contributed by atoms with E-state index in [1.165, 1.54) is 5.56 Å². The first-order valence-corrected chi connectivity index (χ1v) is 9.37. The van der Waals surface area contributed by atoms with Crippen LogP contribution in [0.2, 0.25) is 0 Å². The molecule has 0 radical (unpaired) electrons. The zero-order chi connectivity index (χ0) is 19.3. The smallest absolute Gasteiger partial charge is 0.178 e. The third kappa shape index (κ3) is 3.70. The fourth-order valence-electron chi connectivity index (χ4n) is 3.54. The van der Waals surface area contributed by atoms with Crippen LogP contribution in [0.15, 0.2) is 84.9 Å². The molecule has 0 aliphatic carbocycles. The summed E-state index contributed by atoms with van der Waals surface area (Å²) in [5.41, 5.74) is 4.54. The first kappa shape index (κ1) is 18.1. The van der Waals surface area contributed by atoms with Gasteiger partial charge >= 0.3 is 0 Å². The average molecular weight is 369 g/mol. The number of rotatable bonds is 6. The van der Waals surface area contributed by atoms with Crippen molar-refractivity contribution >= 4 is 0 Å². The molecule has 0 bridgehead atoms. The Balaban J connectivity index is 1.77. The SMILES string of the molecule is Cc1ccccc1-n1nnnc1C(c1ccccc1)N(C)Cc1ccccc1. The molecule has 28 heavy (non-hydrogen) atoms. The number of hydrogen-bond acceptors (Lipinski definition) is 4. The minimum absolute atomic E-state index is 0.0731. The summed E-state index contributed by atoms with van der Waals surface area (Å²) in [5.74, 6) is 0.805. The van der Waals surface area contributed by atoms with Crippen LogP contribution in [-0.4, -0.2) is 32.2 Å². The van der Waals surface area contributed by atoms with Crippen molar-refractivity contribution in [2.45, 2.75) is 19.5 Å². The van der Waals surface area contributed by atoms with E-state index in [0.717, 1.165) is 29.2 Å². The molecule has 0 fully saturated rings. The van der Waals surface area contributed by atoms with Crippen molar-refractivity contribution in [1.82, 2.24) is 25.1 Å². The number of hydrogen-bond donors (Lipinski definition) is 0. The highest BCUT2D eigenvalue weighted by molar-refractivity contribution is 5.40. The highest BCUT2D eigenvalue weighted by atomic mass is 15.6. The Kier molecular flexibility index (Phi) is 5.26. The first-order chi connectivity index (χ1) is 13.7. The van der Waals surface area contributed by atoms with Crippen molar-refractivity contribution in [3.63, 3.8) is 0 Å². The molecule has 0 aliphatic rings. The number of para-hydroxylation sites is 1. The molecule has 3 aromatic carbocycles. The fraction of sp³-hybridized carbons (Fsp3) is 0.174. The predicted octanol–water partition coefficient (Wildman–Crippen LogP) is 4.19. The van der Waals surface area contributed by atoms with Crippen LogP contribution in [0.5, 0.6) is 0 Å². The summed E-state index contributed by atoms with van der Waals surface area (Å²) in [7, 11) is 2.11. The van der Waals surface area contributed by atoms with Gasteiger partial charge in [-0.1, -0.05) is 78.9 Å². The van der Waals surface area contributed by atoms with Gasteiger partial charge in [0.1, 0.15) is 0 Å². The summed E-state index contributed by atoms with van der Waals surface area (Å²) >= 11 is 0. The van der Waals surface area contributed by atoms with Crippen molar-refractivity contribution in [3.05, 3.63) is 107 Å². The maximum atomic E-state index is 4.43. The van der Waals surface area contributed by atoms with Gasteiger partial charge in [-0.3, -0.25) is 4.90 Å². The lowest BCUT2D eigenvalue weighted by molar-refractivity contribution is 0.258. The van der Waals surface area contributed by atoms with Gasteiger partial charge in [0.2, 0.25) is 0 Å². The van der Waals surface area contributed by atoms with Crippen molar-refractivity contribution < 1.29 is 0 Å². The summed E-state index contributed by atoms with van der Waals surface area (Å²) in [6.45, 7) is 2.87. The molecule has 5 heteroatoms. The normalized spacial score (nSPS) is 12.2. The van der Waals surface area contributed by atoms with Gasteiger partial charge in [-0.05, 0) is 47.2 Å². The van der Waals surface area contributed by atoms with E-state index < -0.39 is 0 Å². The third-order valence-corrected chi connectivity index (χ3v) is 4.91. The van der Waals surface area contributed by atoms with Crippen LogP contribution in [0.25, 0.3) is 5.69 Å². The van der Waals surface area contributed by atoms with Crippen LogP contribution in [0.4, 0.5) is 0 Å². The van der Waals surface area contributed by atoms with Gasteiger partial charge < -0.3 is 0 Å². The zero-order valence-corrected chi connectivity index (χ0v) is 16.1. The number of aromatic nitrogens is 4. The average Bonchev–Trinajstić information content (AvgIpc) is 3.19. The Morgan fingerprint density at radius 3 is 2.21 bits per heavy atom. The summed E-state index contributed by atoms with van der Waals surface area (Å²) in [6.07, 6.45) is 0. The molecule has 1 atom stereocenters. The Morgan fingerprint density at radius 1 is 0.857 bits per heavy atom. The topological polar surface area (TPSA) is 46.8 Å². The minimum atomic E-state index is -0.0731. The molecule has 4 aromatic rings. The Morgan fingerprint density at radius 2 is 1.50 bits per heavy atom. The molecule has 5 nitrogen and oxygen atoms in total. The highest BCUT2D eigenvalue weighted by Gasteiger charge is 2.26. The Labute approximate surface area is 165 Å². The maximum absolute atomic E-state index is 4.43. The van der Waals surface area contributed by atoms with Gasteiger partial charge in [-0.15, -0.1) is 5.10 Å². The second-order valence-corrected chi connectivity index (χ2v) is 6.95. The number of aryl methyl sites for hydroxylation is 1. The fourth-order valence-corrected chi connectivity index (χ4v) is 3.54. The van der Waals surface area contributed by atoms with E-state index >= 15 is 0 Å². The summed E-state index contributed by atoms with van der Waals surface area (Å²) < 4.78 is 1.86. The Hall–Kier alpha value is -3.31. The first-order valence-electron chi connectivity index (χ1n) is 9.37. The lowest BCUT2D eigenvalue weighted by Crippen LogP contribution is -2.28. The minimum Gasteiger partial charge on any atom is -0.288 e. The quantitative estimate of drug-likeness (QED) is 0.511. The molecule has 0 saturated heterocycles. The molecule has 0 amide bonds. The van der Waals surface area contributed by atoms with E-state index in [1.54, 1.807) is 0 Å². The van der Waals surface area contributed by atoms with Gasteiger partial charge in [0.15, 0.2) is 5.82 Å². The summed E-state index contributed by atoms with van der Waals surface area (Å²) in [6, 6.07) is 28.9. The monoisotopic (exact) mass is 369 g/mol. The lowest BCUT2D eigenvalue weighted by atomic mass is 10.0. The number of tetrazole rings is 1. The van der Waals surface area contributed by atoms with E-state index in [-0.39, 0.29) is 6.04 Å². The van der Waals surface area contributed by atoms with Gasteiger partial charge in [0.05, 0.1) is 11.7 Å². The molecule has 4 rings (SSSR count). The summed E-state index contributed by atoms with van der Waals surface area (Å²) in [5, 5.41) is 12.8. The molecule has 1 heterocycles. The molecule has 1 unspecified atom stereocenters. The van der Waals surface area contributed by atoms with E-state index in [9.17, 15) is 0 Å². The van der Waals surface area contributed by atoms with Gasteiger partial charge in [-0.2, -0.15) is 4.68 Å². The van der Waals surface area contributed by atoms with Crippen molar-refractivity contribution in [1.29, 1.82) is 0 Å². The van der Waals surface area contributed by atoms with E-state index in [0.29, 0.717) is 0 Å². The van der Waals surface area contributed by atoms with E-state index in [4.69, 9.17) is 0 Å². The van der Waals surface area contributed by atoms with Crippen molar-refractivity contribution in [2.24, 2.45) is 0 Å². The molecular weight excluding hydrogens is 346 g/mol. The maximum Gasteiger partial charge on any atom is 0.178 e. The van der Waals surface area contributed by atoms with E-state index in [1.807, 2.05) is 28.9 Å². The van der Waals surface area contributed by atoms with Crippen LogP contribution in [-0.2, 0) is 6.54 Å². The van der Waals surface area contributed by atoms with Gasteiger partial charge in [0, 0.05) is 6.54 Å². The zero-order valence-electron chi connectivity index (χ0n) is 16.1. The van der Waals surface area contributed by atoms with Crippen LogP contribution >= 0.6 is 0 Å². The van der Waals surface area contributed by atoms with Crippen LogP contribution in [0.3, 0.4) is 0 Å². The lowest BCUT2D eigenvalue weighted by Gasteiger charge is -2.28. The van der Waals surface area contributed by atoms with Gasteiger partial charge in [0.25, 0.3) is 0 Å². The van der Waals surface area contributed by atoms with E-state index in [2.05, 4.69) is 95.1 Å². The standard InChI is InChI=1S/C23H23N5/c1-18-11-9-10-16-21(18)28-23(24-25-26-28)22(20-14-7-4-8-15-20)27(2)17-19-12-5-3-6-13-19/h3-16,22H,17H2,1-2H3. The highest BCUT2D eigenvalue weighted by Crippen LogP contribution is 2.29. The van der Waals surface area contributed by atoms with Crippen LogP contribution < -0.4 is 0 Å². The molecule has 1 aromatic heterocycles. The second-order valence-electron chi connectivity index (χ2n) is 6.95. The molecular formula is C23H23N5. The second kappa shape index (κ2) is 8.15. The van der Waals surface area contributed by atoms with Crippen molar-refractivity contribution in [3.8, 4) is 5.69 Å². The van der Waals surface area contributed by atoms with Gasteiger partial charge in [-0.25, -0.2) is 0 Å². The third-order valence-electron chi connectivity index (χ3n) is 4.91. The summed E-state index contributed by atoms with van der Waals surface area (Å²) in [4.78, 5) is 2.28. The molecule has 0 saturated carbocycles. The van der Waals surface area contributed by atoms with Crippen LogP contribution in [0.1, 0.15) is 28.6 Å². The Bertz CT molecular complexity index is 1030. The predicted molar refractivity (Wildman–Crippen MR) is 110 cm³/mol. The molecule has 0 spiro atoms. The number of benzene rings is 3. The molecule has 0 aliphatic heterocycles.